The first-order valence-electron chi connectivity index (χ1n) is 25.0. The topological polar surface area (TPSA) is 53.5 Å². The van der Waals surface area contributed by atoms with Gasteiger partial charge >= 0.3 is 20.1 Å². The van der Waals surface area contributed by atoms with Crippen molar-refractivity contribution in [1.82, 2.24) is 28.7 Å². The second-order valence-electron chi connectivity index (χ2n) is 18.1. The maximum absolute atomic E-state index is 4.46. The van der Waals surface area contributed by atoms with Gasteiger partial charge in [-0.1, -0.05) is 146 Å². The van der Waals surface area contributed by atoms with Crippen LogP contribution in [0.15, 0.2) is 273 Å². The van der Waals surface area contributed by atoms with Gasteiger partial charge in [-0.15, -0.1) is 89.5 Å². The molecule has 0 radical (unpaired) electrons. The number of rotatable bonds is 6. The maximum Gasteiger partial charge on any atom is 3.00 e. The van der Waals surface area contributed by atoms with E-state index in [9.17, 15) is 0 Å². The molecule has 9 aromatic carbocycles. The van der Waals surface area contributed by atoms with E-state index >= 15 is 0 Å². The number of benzene rings is 9. The maximum atomic E-state index is 4.46. The molecule has 15 aromatic rings. The van der Waals surface area contributed by atoms with Gasteiger partial charge in [0.15, 0.2) is 0 Å². The van der Waals surface area contributed by atoms with Gasteiger partial charge in [-0.2, -0.15) is 0 Å². The minimum atomic E-state index is 0. The summed E-state index contributed by atoms with van der Waals surface area (Å²) in [6.07, 6.45) is 5.45. The molecule has 7 heteroatoms. The molecule has 0 saturated carbocycles. The van der Waals surface area contributed by atoms with E-state index in [1.54, 1.807) is 0 Å². The summed E-state index contributed by atoms with van der Waals surface area (Å²) in [7, 11) is 0. The number of pyridine rings is 3. The van der Waals surface area contributed by atoms with E-state index in [-0.39, 0.29) is 20.1 Å². The Balaban J connectivity index is 0.000000114. The van der Waals surface area contributed by atoms with E-state index in [1.165, 1.54) is 65.4 Å². The first-order valence-corrected chi connectivity index (χ1v) is 25.0. The average Bonchev–Trinajstić information content (AvgIpc) is 4.16. The summed E-state index contributed by atoms with van der Waals surface area (Å²) in [6, 6.07) is 97.7. The van der Waals surface area contributed by atoms with Gasteiger partial charge in [0.2, 0.25) is 0 Å². The van der Waals surface area contributed by atoms with Crippen LogP contribution in [0.25, 0.3) is 116 Å². The smallest absolute Gasteiger partial charge is 0.327 e. The third-order valence-electron chi connectivity index (χ3n) is 13.7. The fourth-order valence-electron chi connectivity index (χ4n) is 10.4. The fraction of sp³-hybridized carbons (Fsp3) is 0. The number of para-hydroxylation sites is 6. The van der Waals surface area contributed by atoms with Gasteiger partial charge in [-0.3, -0.25) is 0 Å². The van der Waals surface area contributed by atoms with Crippen LogP contribution in [0.4, 0.5) is 0 Å². The Hall–Kier alpha value is -9.52. The summed E-state index contributed by atoms with van der Waals surface area (Å²) in [5.74, 6) is 0. The average molecular weight is 1150 g/mol. The Kier molecular flexibility index (Phi) is 13.2. The number of hydrogen-bond acceptors (Lipinski definition) is 3. The van der Waals surface area contributed by atoms with Crippen LogP contribution in [0.5, 0.6) is 0 Å². The molecule has 0 fully saturated rings. The Morgan fingerprint density at radius 3 is 0.697 bits per heavy atom. The fourth-order valence-corrected chi connectivity index (χ4v) is 10.4. The van der Waals surface area contributed by atoms with Crippen molar-refractivity contribution < 1.29 is 20.1 Å². The Labute approximate surface area is 453 Å². The second kappa shape index (κ2) is 21.1. The Morgan fingerprint density at radius 1 is 0.250 bits per heavy atom. The molecule has 0 spiro atoms. The molecule has 360 valence electrons. The molecule has 76 heavy (non-hydrogen) atoms. The van der Waals surface area contributed by atoms with Crippen molar-refractivity contribution in [2.24, 2.45) is 0 Å². The predicted octanol–water partition coefficient (Wildman–Crippen LogP) is 16.9. The van der Waals surface area contributed by atoms with Crippen molar-refractivity contribution >= 4 is 65.4 Å². The van der Waals surface area contributed by atoms with E-state index in [1.807, 2.05) is 91.4 Å². The minimum absolute atomic E-state index is 0. The number of aromatic nitrogens is 6. The SMILES string of the molecule is [Ir+3].[c-]1ccc(-n2c3ccccc3c3ccccc32)cc1-c1ccccn1.[c-]1ccc(-n2c3ccccc3c3ccccc32)cc1-c1ccccn1.[c-]1ccc(-n2c3ccccc3c3ccccc32)cc1-c1ccccn1. The third-order valence-corrected chi connectivity index (χ3v) is 13.7. The van der Waals surface area contributed by atoms with E-state index < -0.39 is 0 Å². The molecule has 0 bridgehead atoms. The van der Waals surface area contributed by atoms with Crippen molar-refractivity contribution in [1.29, 1.82) is 0 Å². The first-order chi connectivity index (χ1) is 37.2. The van der Waals surface area contributed by atoms with Gasteiger partial charge in [0, 0.05) is 50.9 Å². The largest absolute Gasteiger partial charge is 3.00 e. The van der Waals surface area contributed by atoms with Crippen molar-refractivity contribution in [3.05, 3.63) is 292 Å². The first kappa shape index (κ1) is 47.5. The van der Waals surface area contributed by atoms with Gasteiger partial charge in [-0.05, 0) is 88.7 Å². The van der Waals surface area contributed by atoms with Gasteiger partial charge in [0.05, 0.1) is 33.1 Å². The standard InChI is InChI=1S/3C23H15N2.Ir/c3*1-3-13-22-19(10-1)20-11-2-4-14-23(20)25(22)18-9-7-8-17(16-18)21-12-5-6-15-24-21;/h3*1-7,9-16H;/q3*-1;+3. The Morgan fingerprint density at radius 2 is 0.474 bits per heavy atom. The predicted molar refractivity (Wildman–Crippen MR) is 309 cm³/mol. The molecule has 0 unspecified atom stereocenters. The normalized spacial score (nSPS) is 11.1. The third kappa shape index (κ3) is 8.94. The van der Waals surface area contributed by atoms with Gasteiger partial charge in [0.1, 0.15) is 0 Å². The summed E-state index contributed by atoms with van der Waals surface area (Å²) in [5, 5.41) is 7.61. The molecular formula is C69H45IrN6. The molecule has 15 rings (SSSR count). The van der Waals surface area contributed by atoms with Crippen LogP contribution in [0, 0.1) is 18.2 Å². The summed E-state index contributed by atoms with van der Waals surface area (Å²) >= 11 is 0. The molecule has 0 N–H and O–H groups in total. The van der Waals surface area contributed by atoms with E-state index in [2.05, 4.69) is 229 Å². The van der Waals surface area contributed by atoms with Crippen LogP contribution < -0.4 is 0 Å². The summed E-state index contributed by atoms with van der Waals surface area (Å²) in [4.78, 5) is 13.4. The van der Waals surface area contributed by atoms with Gasteiger partial charge < -0.3 is 28.7 Å². The molecule has 6 aromatic heterocycles. The van der Waals surface area contributed by atoms with E-state index in [4.69, 9.17) is 0 Å². The molecule has 0 aliphatic carbocycles. The molecule has 0 amide bonds. The van der Waals surface area contributed by atoms with E-state index in [0.29, 0.717) is 0 Å². The van der Waals surface area contributed by atoms with Crippen molar-refractivity contribution in [3.8, 4) is 50.8 Å². The van der Waals surface area contributed by atoms with Crippen LogP contribution in [0.1, 0.15) is 0 Å². The van der Waals surface area contributed by atoms with Gasteiger partial charge in [-0.25, -0.2) is 0 Å². The monoisotopic (exact) mass is 1150 g/mol. The van der Waals surface area contributed by atoms with Crippen molar-refractivity contribution in [3.63, 3.8) is 0 Å². The molecular weight excluding hydrogens is 1110 g/mol. The molecule has 6 nitrogen and oxygen atoms in total. The molecule has 0 aliphatic rings. The van der Waals surface area contributed by atoms with Gasteiger partial charge in [0.25, 0.3) is 0 Å². The number of hydrogen-bond donors (Lipinski definition) is 0. The van der Waals surface area contributed by atoms with Crippen LogP contribution in [-0.2, 0) is 20.1 Å². The summed E-state index contributed by atoms with van der Waals surface area (Å²) in [5.41, 5.74) is 16.4. The molecule has 0 atom stereocenters. The van der Waals surface area contributed by atoms with Crippen molar-refractivity contribution in [2.75, 3.05) is 0 Å². The molecule has 0 aliphatic heterocycles. The molecule has 6 heterocycles. The van der Waals surface area contributed by atoms with E-state index in [0.717, 1.165) is 50.8 Å². The number of fused-ring (bicyclic) bond motifs is 9. The van der Waals surface area contributed by atoms with Crippen LogP contribution in [-0.4, -0.2) is 28.7 Å². The van der Waals surface area contributed by atoms with Crippen LogP contribution >= 0.6 is 0 Å². The van der Waals surface area contributed by atoms with Crippen molar-refractivity contribution in [2.45, 2.75) is 0 Å². The summed E-state index contributed by atoms with van der Waals surface area (Å²) in [6.45, 7) is 0. The molecule has 0 saturated heterocycles. The number of nitrogens with zero attached hydrogens (tertiary/aromatic N) is 6. The quantitative estimate of drug-likeness (QED) is 0.156. The summed E-state index contributed by atoms with van der Waals surface area (Å²) < 4.78 is 6.93. The zero-order valence-electron chi connectivity index (χ0n) is 41.0. The second-order valence-corrected chi connectivity index (χ2v) is 18.1. The zero-order valence-corrected chi connectivity index (χ0v) is 43.4. The van der Waals surface area contributed by atoms with Crippen LogP contribution in [0.2, 0.25) is 0 Å². The van der Waals surface area contributed by atoms with Crippen LogP contribution in [0.3, 0.4) is 0 Å². The minimum Gasteiger partial charge on any atom is -0.327 e. The Bertz CT molecular complexity index is 3870. The zero-order chi connectivity index (χ0) is 49.9.